The molecule has 0 aromatic rings. The predicted octanol–water partition coefficient (Wildman–Crippen LogP) is 11.0. The zero-order chi connectivity index (χ0) is 29.4. The lowest BCUT2D eigenvalue weighted by Gasteiger charge is -2.12. The lowest BCUT2D eigenvalue weighted by molar-refractivity contribution is -0.148. The lowest BCUT2D eigenvalue weighted by atomic mass is 10.1. The summed E-state index contributed by atoms with van der Waals surface area (Å²) in [5, 5.41) is 8.61. The third-order valence-corrected chi connectivity index (χ3v) is 6.71. The van der Waals surface area contributed by atoms with Crippen molar-refractivity contribution >= 4 is 11.9 Å². The molecule has 4 heteroatoms. The van der Waals surface area contributed by atoms with Crippen LogP contribution in [0.2, 0.25) is 0 Å². The highest BCUT2D eigenvalue weighted by Crippen LogP contribution is 2.11. The van der Waals surface area contributed by atoms with E-state index in [1.165, 1.54) is 32.1 Å². The molecule has 0 aromatic heterocycles. The van der Waals surface area contributed by atoms with E-state index < -0.39 is 5.97 Å². The number of esters is 1. The van der Waals surface area contributed by atoms with E-state index in [2.05, 4.69) is 67.7 Å². The van der Waals surface area contributed by atoms with E-state index in [9.17, 15) is 9.59 Å². The zero-order valence-corrected chi connectivity index (χ0v) is 25.9. The average molecular weight is 557 g/mol. The molecule has 4 nitrogen and oxygen atoms in total. The van der Waals surface area contributed by atoms with Crippen molar-refractivity contribution in [2.45, 2.75) is 155 Å². The summed E-state index contributed by atoms with van der Waals surface area (Å²) in [7, 11) is 0. The van der Waals surface area contributed by atoms with Crippen molar-refractivity contribution in [3.8, 4) is 0 Å². The van der Waals surface area contributed by atoms with Gasteiger partial charge in [-0.25, -0.2) is 0 Å². The van der Waals surface area contributed by atoms with Crippen LogP contribution in [0.3, 0.4) is 0 Å². The quantitative estimate of drug-likeness (QED) is 0.0591. The molecule has 0 aliphatic heterocycles. The average Bonchev–Trinajstić information content (AvgIpc) is 2.92. The van der Waals surface area contributed by atoms with E-state index in [4.69, 9.17) is 9.84 Å². The lowest BCUT2D eigenvalue weighted by Crippen LogP contribution is -2.14. The minimum absolute atomic E-state index is 0.000592. The van der Waals surface area contributed by atoms with Gasteiger partial charge in [0.15, 0.2) is 0 Å². The van der Waals surface area contributed by atoms with Crippen molar-refractivity contribution in [2.24, 2.45) is 0 Å². The number of hydrogen-bond donors (Lipinski definition) is 1. The van der Waals surface area contributed by atoms with Gasteiger partial charge in [0.1, 0.15) is 0 Å². The van der Waals surface area contributed by atoms with E-state index in [1.807, 2.05) is 6.92 Å². The molecule has 0 aliphatic rings. The summed E-state index contributed by atoms with van der Waals surface area (Å²) in [4.78, 5) is 22.5. The number of unbranched alkanes of at least 4 members (excludes halogenated alkanes) is 11. The van der Waals surface area contributed by atoms with Crippen LogP contribution >= 0.6 is 0 Å². The number of allylic oxidation sites excluding steroid dienone is 10. The fraction of sp³-hybridized carbons (Fsp3) is 0.667. The Morgan fingerprint density at radius 2 is 1.00 bits per heavy atom. The second kappa shape index (κ2) is 31.2. The third kappa shape index (κ3) is 31.9. The van der Waals surface area contributed by atoms with Gasteiger partial charge in [-0.05, 0) is 90.4 Å². The van der Waals surface area contributed by atoms with Crippen molar-refractivity contribution in [2.75, 3.05) is 0 Å². The molecule has 1 atom stereocenters. The molecule has 0 aromatic carbocycles. The number of carboxylic acid groups (broad SMARTS) is 1. The molecule has 0 amide bonds. The normalized spacial score (nSPS) is 13.1. The summed E-state index contributed by atoms with van der Waals surface area (Å²) >= 11 is 0. The highest BCUT2D eigenvalue weighted by Gasteiger charge is 2.08. The van der Waals surface area contributed by atoms with Crippen molar-refractivity contribution < 1.29 is 19.4 Å². The number of carboxylic acids is 1. The van der Waals surface area contributed by atoms with Crippen molar-refractivity contribution in [3.05, 3.63) is 60.8 Å². The summed E-state index contributed by atoms with van der Waals surface area (Å²) in [6.45, 7) is 4.16. The van der Waals surface area contributed by atoms with Gasteiger partial charge in [0.2, 0.25) is 0 Å². The third-order valence-electron chi connectivity index (χ3n) is 6.71. The summed E-state index contributed by atoms with van der Waals surface area (Å²) in [5.74, 6) is -0.735. The maximum Gasteiger partial charge on any atom is 0.306 e. The van der Waals surface area contributed by atoms with Gasteiger partial charge in [0, 0.05) is 12.8 Å². The van der Waals surface area contributed by atoms with Gasteiger partial charge >= 0.3 is 11.9 Å². The molecule has 0 saturated carbocycles. The van der Waals surface area contributed by atoms with Crippen molar-refractivity contribution in [1.82, 2.24) is 0 Å². The first-order valence-corrected chi connectivity index (χ1v) is 16.2. The van der Waals surface area contributed by atoms with Crippen LogP contribution in [-0.2, 0) is 14.3 Å². The largest absolute Gasteiger partial charge is 0.481 e. The van der Waals surface area contributed by atoms with Gasteiger partial charge in [-0.15, -0.1) is 0 Å². The van der Waals surface area contributed by atoms with Crippen molar-refractivity contribution in [3.63, 3.8) is 0 Å². The van der Waals surface area contributed by atoms with Gasteiger partial charge in [-0.2, -0.15) is 0 Å². The number of aliphatic carboxylic acids is 1. The van der Waals surface area contributed by atoms with Crippen molar-refractivity contribution in [1.29, 1.82) is 0 Å². The number of carbonyl (C=O) groups excluding carboxylic acids is 1. The van der Waals surface area contributed by atoms with E-state index >= 15 is 0 Å². The first kappa shape index (κ1) is 37.6. The highest BCUT2D eigenvalue weighted by molar-refractivity contribution is 5.69. The fourth-order valence-electron chi connectivity index (χ4n) is 4.33. The molecular weight excluding hydrogens is 496 g/mol. The Morgan fingerprint density at radius 1 is 0.575 bits per heavy atom. The standard InChI is InChI=1S/C36H60O4/c1-3-4-5-6-7-8-9-10-11-15-18-21-24-27-30-33-36(39)40-34(2)31-28-25-22-19-16-13-12-14-17-20-23-26-29-32-35(37)38/h4-5,7-8,10-13,19,22,34H,3,6,9,14-18,20-21,23-33H2,1-2H3,(H,37,38)/b5-4-,8-7-,11-10-,13-12-,22-19-. The molecule has 0 spiro atoms. The molecule has 40 heavy (non-hydrogen) atoms. The van der Waals surface area contributed by atoms with E-state index in [1.54, 1.807) is 0 Å². The molecule has 0 heterocycles. The van der Waals surface area contributed by atoms with Crippen LogP contribution in [0.25, 0.3) is 0 Å². The van der Waals surface area contributed by atoms with Crippen LogP contribution < -0.4 is 0 Å². The van der Waals surface area contributed by atoms with Crippen LogP contribution in [0.1, 0.15) is 149 Å². The Bertz CT molecular complexity index is 729. The number of carbonyl (C=O) groups is 2. The van der Waals surface area contributed by atoms with Crippen LogP contribution in [-0.4, -0.2) is 23.1 Å². The number of ether oxygens (including phenoxy) is 1. The Hall–Kier alpha value is -2.36. The molecule has 0 saturated heterocycles. The van der Waals surface area contributed by atoms with Crippen LogP contribution in [0, 0.1) is 0 Å². The summed E-state index contributed by atoms with van der Waals surface area (Å²) in [6.07, 6.45) is 43.5. The second-order valence-electron chi connectivity index (χ2n) is 10.7. The van der Waals surface area contributed by atoms with Gasteiger partial charge in [0.05, 0.1) is 6.10 Å². The first-order chi connectivity index (χ1) is 19.6. The topological polar surface area (TPSA) is 63.6 Å². The van der Waals surface area contributed by atoms with Gasteiger partial charge in [-0.3, -0.25) is 9.59 Å². The minimum atomic E-state index is -0.689. The summed E-state index contributed by atoms with van der Waals surface area (Å²) in [5.41, 5.74) is 0. The number of rotatable bonds is 28. The Kier molecular flexibility index (Phi) is 29.3. The molecule has 1 N–H and O–H groups in total. The zero-order valence-electron chi connectivity index (χ0n) is 25.9. The SMILES string of the molecule is CC/C=C\C/C=C\C/C=C\CCCCCCCC(=O)OC(C)CCC/C=C\C/C=C\CCCCCCCC(=O)O. The van der Waals surface area contributed by atoms with Gasteiger partial charge in [0.25, 0.3) is 0 Å². The molecule has 0 bridgehead atoms. The Labute approximate surface area is 246 Å². The minimum Gasteiger partial charge on any atom is -0.481 e. The molecule has 228 valence electrons. The molecule has 0 rings (SSSR count). The first-order valence-electron chi connectivity index (χ1n) is 16.2. The molecular formula is C36H60O4. The second-order valence-corrected chi connectivity index (χ2v) is 10.7. The fourth-order valence-corrected chi connectivity index (χ4v) is 4.33. The molecule has 0 radical (unpaired) electrons. The highest BCUT2D eigenvalue weighted by atomic mass is 16.5. The van der Waals surface area contributed by atoms with E-state index in [0.29, 0.717) is 12.8 Å². The maximum atomic E-state index is 12.1. The summed E-state index contributed by atoms with van der Waals surface area (Å²) in [6, 6.07) is 0. The van der Waals surface area contributed by atoms with Gasteiger partial charge < -0.3 is 9.84 Å². The molecule has 0 fully saturated rings. The number of hydrogen-bond acceptors (Lipinski definition) is 3. The van der Waals surface area contributed by atoms with E-state index in [0.717, 1.165) is 89.9 Å². The monoisotopic (exact) mass is 556 g/mol. The van der Waals surface area contributed by atoms with Crippen LogP contribution in [0.15, 0.2) is 60.8 Å². The maximum absolute atomic E-state index is 12.1. The predicted molar refractivity (Wildman–Crippen MR) is 172 cm³/mol. The van der Waals surface area contributed by atoms with Crippen LogP contribution in [0.5, 0.6) is 0 Å². The Balaban J connectivity index is 3.50. The summed E-state index contributed by atoms with van der Waals surface area (Å²) < 4.78 is 5.57. The van der Waals surface area contributed by atoms with Crippen LogP contribution in [0.4, 0.5) is 0 Å². The molecule has 1 unspecified atom stereocenters. The van der Waals surface area contributed by atoms with E-state index in [-0.39, 0.29) is 12.1 Å². The van der Waals surface area contributed by atoms with Gasteiger partial charge in [-0.1, -0.05) is 106 Å². The smallest absolute Gasteiger partial charge is 0.306 e. The Morgan fingerprint density at radius 3 is 1.52 bits per heavy atom. The molecule has 0 aliphatic carbocycles.